The number of ether oxygens (including phenoxy) is 1. The molecule has 8 nitrogen and oxygen atoms in total. The van der Waals surface area contributed by atoms with E-state index in [4.69, 9.17) is 4.74 Å². The number of fused-ring (bicyclic) bond motifs is 3. The molecule has 0 aliphatic carbocycles. The monoisotopic (exact) mass is 442 g/mol. The number of anilines is 2. The van der Waals surface area contributed by atoms with E-state index in [2.05, 4.69) is 5.32 Å². The molecule has 162 valence electrons. The van der Waals surface area contributed by atoms with Gasteiger partial charge in [0.05, 0.1) is 34.6 Å². The van der Waals surface area contributed by atoms with Crippen LogP contribution in [0.4, 0.5) is 11.4 Å². The minimum atomic E-state index is -3.72. The van der Waals surface area contributed by atoms with E-state index in [1.165, 1.54) is 28.6 Å². The summed E-state index contributed by atoms with van der Waals surface area (Å²) in [6.07, 6.45) is 1.17. The maximum absolute atomic E-state index is 13.1. The lowest BCUT2D eigenvalue weighted by Crippen LogP contribution is -2.40. The van der Waals surface area contributed by atoms with E-state index in [-0.39, 0.29) is 11.0 Å². The molecule has 2 aromatic carbocycles. The van der Waals surface area contributed by atoms with E-state index in [0.29, 0.717) is 37.2 Å². The first-order valence-corrected chi connectivity index (χ1v) is 11.7. The van der Waals surface area contributed by atoms with Crippen LogP contribution in [0.1, 0.15) is 18.4 Å². The third kappa shape index (κ3) is 3.28. The Balaban J connectivity index is 1.33. The molecule has 31 heavy (non-hydrogen) atoms. The van der Waals surface area contributed by atoms with Crippen LogP contribution in [0.25, 0.3) is 0 Å². The molecule has 2 bridgehead atoms. The molecule has 1 amide bonds. The number of sulfonamides is 1. The minimum absolute atomic E-state index is 0.133. The number of rotatable bonds is 5. The summed E-state index contributed by atoms with van der Waals surface area (Å²) in [5.74, 6) is -3.04. The highest BCUT2D eigenvalue weighted by Crippen LogP contribution is 2.44. The summed E-state index contributed by atoms with van der Waals surface area (Å²) in [5, 5.41) is 12.2. The first kappa shape index (κ1) is 20.0. The number of amides is 1. The Morgan fingerprint density at radius 1 is 1.00 bits per heavy atom. The van der Waals surface area contributed by atoms with Gasteiger partial charge in [0.2, 0.25) is 5.91 Å². The minimum Gasteiger partial charge on any atom is -0.481 e. The quantitative estimate of drug-likeness (QED) is 0.734. The zero-order chi connectivity index (χ0) is 21.8. The molecule has 0 unspecified atom stereocenters. The number of hydrogen-bond acceptors (Lipinski definition) is 5. The standard InChI is InChI=1S/C22H22N2O6S/c25-21(19-17-9-10-18(30-17)20(19)22(26)27)23-14-5-7-15(8-6-14)31(28,29)24-12-11-13-3-1-2-4-16(13)24/h1-8,17-20H,9-12H2,(H,23,25)(H,26,27)/t17-,18-,19-,20-/m0/s1. The van der Waals surface area contributed by atoms with Crippen molar-refractivity contribution in [2.45, 2.75) is 36.4 Å². The summed E-state index contributed by atoms with van der Waals surface area (Å²) in [6.45, 7) is 0.390. The molecule has 9 heteroatoms. The van der Waals surface area contributed by atoms with Crippen LogP contribution < -0.4 is 9.62 Å². The van der Waals surface area contributed by atoms with Crippen LogP contribution in [0.5, 0.6) is 0 Å². The summed E-state index contributed by atoms with van der Waals surface area (Å²) in [4.78, 5) is 24.5. The third-order valence-corrected chi connectivity index (χ3v) is 8.24. The molecular weight excluding hydrogens is 420 g/mol. The van der Waals surface area contributed by atoms with E-state index in [1.54, 1.807) is 6.07 Å². The molecule has 2 saturated heterocycles. The molecule has 4 atom stereocenters. The van der Waals surface area contributed by atoms with Crippen LogP contribution in [0.2, 0.25) is 0 Å². The maximum atomic E-state index is 13.1. The van der Waals surface area contributed by atoms with Crippen molar-refractivity contribution in [2.75, 3.05) is 16.2 Å². The van der Waals surface area contributed by atoms with E-state index in [9.17, 15) is 23.1 Å². The van der Waals surface area contributed by atoms with Gasteiger partial charge in [-0.3, -0.25) is 13.9 Å². The Bertz CT molecular complexity index is 1150. The second kappa shape index (κ2) is 7.35. The molecule has 2 N–H and O–H groups in total. The van der Waals surface area contributed by atoms with Crippen LogP contribution in [-0.2, 0) is 30.8 Å². The van der Waals surface area contributed by atoms with Crippen molar-refractivity contribution in [1.82, 2.24) is 0 Å². The van der Waals surface area contributed by atoms with Gasteiger partial charge >= 0.3 is 5.97 Å². The van der Waals surface area contributed by atoms with Crippen molar-refractivity contribution in [2.24, 2.45) is 11.8 Å². The number of para-hydroxylation sites is 1. The maximum Gasteiger partial charge on any atom is 0.310 e. The van der Waals surface area contributed by atoms with E-state index < -0.39 is 39.8 Å². The van der Waals surface area contributed by atoms with Gasteiger partial charge in [0.1, 0.15) is 0 Å². The molecule has 0 radical (unpaired) electrons. The molecule has 3 aliphatic heterocycles. The third-order valence-electron chi connectivity index (χ3n) is 6.42. The summed E-state index contributed by atoms with van der Waals surface area (Å²) < 4.78 is 33.2. The van der Waals surface area contributed by atoms with Crippen LogP contribution in [0.3, 0.4) is 0 Å². The van der Waals surface area contributed by atoms with Gasteiger partial charge in [0.25, 0.3) is 10.0 Å². The van der Waals surface area contributed by atoms with Crippen LogP contribution in [-0.4, -0.2) is 44.2 Å². The van der Waals surface area contributed by atoms with Crippen molar-refractivity contribution in [1.29, 1.82) is 0 Å². The van der Waals surface area contributed by atoms with Gasteiger partial charge in [-0.15, -0.1) is 0 Å². The Kier molecular flexibility index (Phi) is 4.75. The van der Waals surface area contributed by atoms with Crippen LogP contribution in [0, 0.1) is 11.8 Å². The lowest BCUT2D eigenvalue weighted by molar-refractivity contribution is -0.147. The van der Waals surface area contributed by atoms with Gasteiger partial charge in [0.15, 0.2) is 0 Å². The molecule has 3 aliphatic rings. The van der Waals surface area contributed by atoms with E-state index in [1.807, 2.05) is 18.2 Å². The number of nitrogens with one attached hydrogen (secondary N) is 1. The molecule has 2 aromatic rings. The molecule has 0 saturated carbocycles. The highest BCUT2D eigenvalue weighted by Gasteiger charge is 2.55. The highest BCUT2D eigenvalue weighted by molar-refractivity contribution is 7.92. The number of carboxylic acids is 1. The van der Waals surface area contributed by atoms with Gasteiger partial charge in [-0.1, -0.05) is 18.2 Å². The van der Waals surface area contributed by atoms with Gasteiger partial charge in [0, 0.05) is 12.2 Å². The Morgan fingerprint density at radius 3 is 2.39 bits per heavy atom. The molecule has 0 spiro atoms. The molecule has 0 aromatic heterocycles. The summed E-state index contributed by atoms with van der Waals surface area (Å²) in [7, 11) is -3.72. The van der Waals surface area contributed by atoms with Crippen LogP contribution in [0.15, 0.2) is 53.4 Å². The predicted molar refractivity (Wildman–Crippen MR) is 112 cm³/mol. The number of benzene rings is 2. The average Bonchev–Trinajstić information content (AvgIpc) is 3.48. The fourth-order valence-corrected chi connectivity index (χ4v) is 6.45. The van der Waals surface area contributed by atoms with Crippen molar-refractivity contribution in [3.05, 3.63) is 54.1 Å². The van der Waals surface area contributed by atoms with Crippen LogP contribution >= 0.6 is 0 Å². The first-order chi connectivity index (χ1) is 14.9. The van der Waals surface area contributed by atoms with E-state index in [0.717, 1.165) is 5.56 Å². The average molecular weight is 442 g/mol. The Hall–Kier alpha value is -2.91. The lowest BCUT2D eigenvalue weighted by Gasteiger charge is -2.24. The zero-order valence-electron chi connectivity index (χ0n) is 16.6. The SMILES string of the molecule is O=C(O)[C@@H]1[C@@H](C(=O)Nc2ccc(S(=O)(=O)N3CCc4ccccc43)cc2)[C@@H]2CC[C@@H]1O2. The Labute approximate surface area is 179 Å². The number of aliphatic carboxylic acids is 1. The fourth-order valence-electron chi connectivity index (χ4n) is 4.95. The number of carbonyl (C=O) groups excluding carboxylic acids is 1. The topological polar surface area (TPSA) is 113 Å². The number of carbonyl (C=O) groups is 2. The summed E-state index contributed by atoms with van der Waals surface area (Å²) >= 11 is 0. The molecule has 2 fully saturated rings. The number of nitrogens with zero attached hydrogens (tertiary/aromatic N) is 1. The second-order valence-electron chi connectivity index (χ2n) is 8.15. The molecule has 3 heterocycles. The fraction of sp³-hybridized carbons (Fsp3) is 0.364. The smallest absolute Gasteiger partial charge is 0.310 e. The van der Waals surface area contributed by atoms with Crippen molar-refractivity contribution >= 4 is 33.3 Å². The van der Waals surface area contributed by atoms with Gasteiger partial charge in [-0.25, -0.2) is 8.42 Å². The van der Waals surface area contributed by atoms with Crippen molar-refractivity contribution in [3.63, 3.8) is 0 Å². The summed E-state index contributed by atoms with van der Waals surface area (Å²) in [6, 6.07) is 13.4. The molecule has 5 rings (SSSR count). The van der Waals surface area contributed by atoms with Gasteiger partial charge in [-0.05, 0) is 55.2 Å². The normalized spacial score (nSPS) is 26.6. The molecular formula is C22H22N2O6S. The second-order valence-corrected chi connectivity index (χ2v) is 10.0. The highest BCUT2D eigenvalue weighted by atomic mass is 32.2. The number of carboxylic acid groups (broad SMARTS) is 1. The lowest BCUT2D eigenvalue weighted by atomic mass is 9.78. The number of hydrogen-bond donors (Lipinski definition) is 2. The largest absolute Gasteiger partial charge is 0.481 e. The van der Waals surface area contributed by atoms with Gasteiger partial charge < -0.3 is 15.2 Å². The first-order valence-electron chi connectivity index (χ1n) is 10.3. The Morgan fingerprint density at radius 2 is 1.68 bits per heavy atom. The summed E-state index contributed by atoms with van der Waals surface area (Å²) in [5.41, 5.74) is 2.10. The zero-order valence-corrected chi connectivity index (χ0v) is 17.4. The van der Waals surface area contributed by atoms with Crippen molar-refractivity contribution < 1.29 is 27.9 Å². The van der Waals surface area contributed by atoms with Gasteiger partial charge in [-0.2, -0.15) is 0 Å². The van der Waals surface area contributed by atoms with Crippen molar-refractivity contribution in [3.8, 4) is 0 Å². The van der Waals surface area contributed by atoms with E-state index >= 15 is 0 Å². The predicted octanol–water partition coefficient (Wildman–Crippen LogP) is 2.25.